The van der Waals surface area contributed by atoms with Crippen LogP contribution >= 0.6 is 11.8 Å². The molecule has 2 atom stereocenters. The van der Waals surface area contributed by atoms with E-state index in [0.717, 1.165) is 18.9 Å². The molecule has 1 saturated carbocycles. The van der Waals surface area contributed by atoms with Crippen LogP contribution in [0.2, 0.25) is 0 Å². The molecule has 2 unspecified atom stereocenters. The van der Waals surface area contributed by atoms with Gasteiger partial charge >= 0.3 is 0 Å². The Labute approximate surface area is 84.6 Å². The topological polar surface area (TPSA) is 27.1 Å². The van der Waals surface area contributed by atoms with Crippen LogP contribution in [-0.4, -0.2) is 34.3 Å². The van der Waals surface area contributed by atoms with Crippen molar-refractivity contribution in [1.29, 1.82) is 5.41 Å². The fraction of sp³-hybridized carbons (Fsp3) is 0.900. The van der Waals surface area contributed by atoms with E-state index in [1.165, 1.54) is 12.8 Å². The standard InChI is InChI=1S/C10H18N2S/c1-7-5-12(6-8(2)13-7)10(11)9-3-4-9/h7-9,11H,3-6H2,1-2H3. The van der Waals surface area contributed by atoms with Crippen molar-refractivity contribution in [1.82, 2.24) is 4.90 Å². The Morgan fingerprint density at radius 2 is 1.77 bits per heavy atom. The fourth-order valence-electron chi connectivity index (χ4n) is 1.99. The van der Waals surface area contributed by atoms with E-state index in [1.807, 2.05) is 0 Å². The van der Waals surface area contributed by atoms with Crippen molar-refractivity contribution >= 4 is 17.6 Å². The molecule has 0 aromatic heterocycles. The molecule has 1 aliphatic carbocycles. The number of amidine groups is 1. The minimum absolute atomic E-state index is 0.613. The largest absolute Gasteiger partial charge is 0.358 e. The summed E-state index contributed by atoms with van der Waals surface area (Å²) in [5, 5.41) is 9.39. The van der Waals surface area contributed by atoms with Crippen molar-refractivity contribution < 1.29 is 0 Å². The number of rotatable bonds is 1. The quantitative estimate of drug-likeness (QED) is 0.516. The molecule has 0 aromatic rings. The maximum absolute atomic E-state index is 8.00. The number of nitrogens with zero attached hydrogens (tertiary/aromatic N) is 1. The van der Waals surface area contributed by atoms with Gasteiger partial charge in [0.2, 0.25) is 0 Å². The zero-order valence-electron chi connectivity index (χ0n) is 8.42. The summed E-state index contributed by atoms with van der Waals surface area (Å²) in [5.74, 6) is 1.53. The summed E-state index contributed by atoms with van der Waals surface area (Å²) in [7, 11) is 0. The molecule has 1 saturated heterocycles. The molecule has 3 heteroatoms. The van der Waals surface area contributed by atoms with Crippen LogP contribution in [-0.2, 0) is 0 Å². The van der Waals surface area contributed by atoms with Gasteiger partial charge in [-0.25, -0.2) is 0 Å². The average molecular weight is 198 g/mol. The fourth-order valence-corrected chi connectivity index (χ4v) is 3.31. The molecule has 0 amide bonds. The van der Waals surface area contributed by atoms with Crippen molar-refractivity contribution in [2.45, 2.75) is 37.2 Å². The molecule has 2 rings (SSSR count). The molecule has 0 bridgehead atoms. The first-order valence-electron chi connectivity index (χ1n) is 5.15. The monoisotopic (exact) mass is 198 g/mol. The van der Waals surface area contributed by atoms with Gasteiger partial charge in [-0.15, -0.1) is 0 Å². The normalized spacial score (nSPS) is 34.8. The lowest BCUT2D eigenvalue weighted by Gasteiger charge is -2.36. The van der Waals surface area contributed by atoms with E-state index in [1.54, 1.807) is 0 Å². The average Bonchev–Trinajstić information content (AvgIpc) is 2.83. The van der Waals surface area contributed by atoms with Crippen LogP contribution < -0.4 is 0 Å². The van der Waals surface area contributed by atoms with Gasteiger partial charge in [0.1, 0.15) is 0 Å². The van der Waals surface area contributed by atoms with Crippen LogP contribution in [0.5, 0.6) is 0 Å². The second kappa shape index (κ2) is 3.52. The highest BCUT2D eigenvalue weighted by Gasteiger charge is 2.33. The van der Waals surface area contributed by atoms with E-state index in [2.05, 4.69) is 30.5 Å². The van der Waals surface area contributed by atoms with E-state index in [0.29, 0.717) is 16.4 Å². The van der Waals surface area contributed by atoms with Crippen LogP contribution in [0.4, 0.5) is 0 Å². The minimum Gasteiger partial charge on any atom is -0.358 e. The first kappa shape index (κ1) is 9.38. The van der Waals surface area contributed by atoms with Crippen LogP contribution in [0.15, 0.2) is 0 Å². The highest BCUT2D eigenvalue weighted by molar-refractivity contribution is 8.00. The summed E-state index contributed by atoms with van der Waals surface area (Å²) < 4.78 is 0. The minimum atomic E-state index is 0.613. The Bertz CT molecular complexity index is 203. The van der Waals surface area contributed by atoms with Gasteiger partial charge in [-0.3, -0.25) is 5.41 Å². The molecule has 1 heterocycles. The lowest BCUT2D eigenvalue weighted by Crippen LogP contribution is -2.44. The Balaban J connectivity index is 1.93. The molecule has 74 valence electrons. The third kappa shape index (κ3) is 2.19. The first-order valence-corrected chi connectivity index (χ1v) is 6.10. The molecule has 13 heavy (non-hydrogen) atoms. The van der Waals surface area contributed by atoms with Crippen LogP contribution in [0.3, 0.4) is 0 Å². The molecule has 2 nitrogen and oxygen atoms in total. The number of thioether (sulfide) groups is 1. The first-order chi connectivity index (χ1) is 6.16. The summed E-state index contributed by atoms with van der Waals surface area (Å²) in [6.45, 7) is 6.72. The Hall–Kier alpha value is -0.180. The van der Waals surface area contributed by atoms with E-state index < -0.39 is 0 Å². The van der Waals surface area contributed by atoms with Gasteiger partial charge in [-0.2, -0.15) is 11.8 Å². The molecule has 0 aromatic carbocycles. The maximum Gasteiger partial charge on any atom is 0.0990 e. The van der Waals surface area contributed by atoms with Gasteiger partial charge in [0, 0.05) is 29.5 Å². The SMILES string of the molecule is CC1CN(C(=N)C2CC2)CC(C)S1. The Morgan fingerprint density at radius 1 is 1.23 bits per heavy atom. The lowest BCUT2D eigenvalue weighted by molar-refractivity contribution is 0.397. The molecule has 2 fully saturated rings. The van der Waals surface area contributed by atoms with E-state index in [-0.39, 0.29) is 0 Å². The Morgan fingerprint density at radius 3 is 2.23 bits per heavy atom. The van der Waals surface area contributed by atoms with Gasteiger partial charge in [-0.05, 0) is 12.8 Å². The van der Waals surface area contributed by atoms with Crippen molar-refractivity contribution in [3.63, 3.8) is 0 Å². The second-order valence-corrected chi connectivity index (χ2v) is 6.20. The molecule has 2 aliphatic rings. The number of hydrogen-bond acceptors (Lipinski definition) is 2. The lowest BCUT2D eigenvalue weighted by atomic mass is 10.2. The van der Waals surface area contributed by atoms with Crippen molar-refractivity contribution in [3.8, 4) is 0 Å². The van der Waals surface area contributed by atoms with Gasteiger partial charge < -0.3 is 4.90 Å². The summed E-state index contributed by atoms with van der Waals surface area (Å²) in [6.07, 6.45) is 2.51. The molecule has 1 aliphatic heterocycles. The third-order valence-corrected chi connectivity index (χ3v) is 3.95. The summed E-state index contributed by atoms with van der Waals surface area (Å²) in [6, 6.07) is 0. The van der Waals surface area contributed by atoms with Crippen molar-refractivity contribution in [2.75, 3.05) is 13.1 Å². The summed E-state index contributed by atoms with van der Waals surface area (Å²) >= 11 is 2.06. The highest BCUT2D eigenvalue weighted by atomic mass is 32.2. The summed E-state index contributed by atoms with van der Waals surface area (Å²) in [5.41, 5.74) is 0. The third-order valence-electron chi connectivity index (χ3n) is 2.72. The highest BCUT2D eigenvalue weighted by Crippen LogP contribution is 2.34. The van der Waals surface area contributed by atoms with Gasteiger partial charge in [0.25, 0.3) is 0 Å². The van der Waals surface area contributed by atoms with Gasteiger partial charge in [0.05, 0.1) is 5.84 Å². The molecule has 0 radical (unpaired) electrons. The van der Waals surface area contributed by atoms with Gasteiger partial charge in [-0.1, -0.05) is 13.8 Å². The molecular weight excluding hydrogens is 180 g/mol. The van der Waals surface area contributed by atoms with E-state index in [9.17, 15) is 0 Å². The Kier molecular flexibility index (Phi) is 2.54. The van der Waals surface area contributed by atoms with Crippen molar-refractivity contribution in [2.24, 2.45) is 5.92 Å². The number of nitrogens with one attached hydrogen (secondary N) is 1. The van der Waals surface area contributed by atoms with E-state index in [4.69, 9.17) is 5.41 Å². The zero-order chi connectivity index (χ0) is 9.42. The second-order valence-electron chi connectivity index (χ2n) is 4.32. The number of hydrogen-bond donors (Lipinski definition) is 1. The molecular formula is C10H18N2S. The predicted molar refractivity (Wildman–Crippen MR) is 58.5 cm³/mol. The van der Waals surface area contributed by atoms with Crippen molar-refractivity contribution in [3.05, 3.63) is 0 Å². The smallest absolute Gasteiger partial charge is 0.0990 e. The van der Waals surface area contributed by atoms with E-state index >= 15 is 0 Å². The maximum atomic E-state index is 8.00. The van der Waals surface area contributed by atoms with Gasteiger partial charge in [0.15, 0.2) is 0 Å². The molecule has 0 spiro atoms. The van der Waals surface area contributed by atoms with Crippen LogP contribution in [0.25, 0.3) is 0 Å². The van der Waals surface area contributed by atoms with Crippen LogP contribution in [0, 0.1) is 11.3 Å². The zero-order valence-corrected chi connectivity index (χ0v) is 9.23. The predicted octanol–water partition coefficient (Wildman–Crippen LogP) is 2.20. The van der Waals surface area contributed by atoms with Crippen LogP contribution in [0.1, 0.15) is 26.7 Å². The summed E-state index contributed by atoms with van der Waals surface area (Å²) in [4.78, 5) is 2.30. The molecule has 1 N–H and O–H groups in total.